The molecule has 0 atom stereocenters. The van der Waals surface area contributed by atoms with Crippen molar-refractivity contribution in [3.63, 3.8) is 0 Å². The first-order chi connectivity index (χ1) is 9.13. The van der Waals surface area contributed by atoms with Crippen molar-refractivity contribution in [2.75, 3.05) is 26.7 Å². The van der Waals surface area contributed by atoms with Crippen LogP contribution < -0.4 is 15.4 Å². The fraction of sp³-hybridized carbons (Fsp3) is 0.533. The number of nitrogens with one attached hydrogen (secondary N) is 2. The third-order valence-electron chi connectivity index (χ3n) is 2.84. The quantitative estimate of drug-likeness (QED) is 0.724. The second-order valence-corrected chi connectivity index (χ2v) is 4.67. The van der Waals surface area contributed by atoms with E-state index in [0.717, 1.165) is 24.3 Å². The Kier molecular flexibility index (Phi) is 9.86. The van der Waals surface area contributed by atoms with Crippen LogP contribution in [0.5, 0.6) is 5.75 Å². The van der Waals surface area contributed by atoms with Crippen LogP contribution in [0.2, 0.25) is 0 Å². The summed E-state index contributed by atoms with van der Waals surface area (Å²) >= 11 is 0. The van der Waals surface area contributed by atoms with Crippen LogP contribution in [-0.2, 0) is 4.79 Å². The van der Waals surface area contributed by atoms with Gasteiger partial charge < -0.3 is 15.4 Å². The lowest BCUT2D eigenvalue weighted by Crippen LogP contribution is -2.27. The van der Waals surface area contributed by atoms with Crippen molar-refractivity contribution in [1.82, 2.24) is 10.6 Å². The topological polar surface area (TPSA) is 50.4 Å². The number of carbonyl (C=O) groups is 1. The third kappa shape index (κ3) is 7.36. The molecule has 0 unspecified atom stereocenters. The second kappa shape index (κ2) is 10.5. The highest BCUT2D eigenvalue weighted by molar-refractivity contribution is 5.85. The van der Waals surface area contributed by atoms with Gasteiger partial charge >= 0.3 is 0 Å². The first kappa shape index (κ1) is 18.7. The summed E-state index contributed by atoms with van der Waals surface area (Å²) in [6.45, 7) is 6.11. The average Bonchev–Trinajstić information content (AvgIpc) is 2.37. The molecule has 0 aliphatic heterocycles. The number of amides is 1. The molecule has 2 N–H and O–H groups in total. The van der Waals surface area contributed by atoms with E-state index in [4.69, 9.17) is 4.74 Å². The normalized spacial score (nSPS) is 9.75. The fourth-order valence-electron chi connectivity index (χ4n) is 1.80. The van der Waals surface area contributed by atoms with Gasteiger partial charge in [0, 0.05) is 6.54 Å². The summed E-state index contributed by atoms with van der Waals surface area (Å²) < 4.78 is 5.62. The van der Waals surface area contributed by atoms with E-state index in [-0.39, 0.29) is 18.3 Å². The van der Waals surface area contributed by atoms with E-state index in [0.29, 0.717) is 19.6 Å². The van der Waals surface area contributed by atoms with Crippen LogP contribution in [0.3, 0.4) is 0 Å². The van der Waals surface area contributed by atoms with Crippen LogP contribution in [0, 0.1) is 13.8 Å². The molecular weight excluding hydrogens is 276 g/mol. The molecule has 0 aliphatic carbocycles. The van der Waals surface area contributed by atoms with E-state index in [2.05, 4.69) is 23.6 Å². The lowest BCUT2D eigenvalue weighted by Gasteiger charge is -2.10. The van der Waals surface area contributed by atoms with E-state index in [1.807, 2.05) is 26.1 Å². The first-order valence-corrected chi connectivity index (χ1v) is 6.75. The van der Waals surface area contributed by atoms with Crippen molar-refractivity contribution in [2.24, 2.45) is 0 Å². The maximum atomic E-state index is 11.5. The molecular formula is C15H25ClN2O2. The van der Waals surface area contributed by atoms with Crippen LogP contribution in [0.4, 0.5) is 0 Å². The van der Waals surface area contributed by atoms with Crippen LogP contribution >= 0.6 is 12.4 Å². The van der Waals surface area contributed by atoms with E-state index >= 15 is 0 Å². The fourth-order valence-corrected chi connectivity index (χ4v) is 1.80. The number of aryl methyl sites for hydroxylation is 2. The largest absolute Gasteiger partial charge is 0.493 e. The number of halogens is 1. The minimum Gasteiger partial charge on any atom is -0.493 e. The van der Waals surface area contributed by atoms with E-state index < -0.39 is 0 Å². The van der Waals surface area contributed by atoms with Gasteiger partial charge in [-0.15, -0.1) is 12.4 Å². The predicted molar refractivity (Wildman–Crippen MR) is 84.8 cm³/mol. The van der Waals surface area contributed by atoms with Crippen molar-refractivity contribution in [3.8, 4) is 5.75 Å². The number of carbonyl (C=O) groups excluding carboxylic acids is 1. The molecule has 1 rings (SSSR count). The standard InChI is InChI=1S/C15H24N2O2.ClH/c1-12-5-6-14(13(2)11-12)19-10-7-15(18)17-9-4-8-16-3;/h5-6,11,16H,4,7-10H2,1-3H3,(H,17,18);1H. The van der Waals surface area contributed by atoms with Crippen molar-refractivity contribution in [2.45, 2.75) is 26.7 Å². The maximum Gasteiger partial charge on any atom is 0.223 e. The number of hydrogen-bond donors (Lipinski definition) is 2. The Balaban J connectivity index is 0.00000361. The molecule has 114 valence electrons. The van der Waals surface area contributed by atoms with Gasteiger partial charge in [-0.25, -0.2) is 0 Å². The molecule has 1 aromatic carbocycles. The average molecular weight is 301 g/mol. The van der Waals surface area contributed by atoms with Gasteiger partial charge in [0.2, 0.25) is 5.91 Å². The molecule has 0 saturated heterocycles. The number of hydrogen-bond acceptors (Lipinski definition) is 3. The summed E-state index contributed by atoms with van der Waals surface area (Å²) in [5, 5.41) is 5.91. The molecule has 0 radical (unpaired) electrons. The first-order valence-electron chi connectivity index (χ1n) is 6.75. The molecule has 0 saturated carbocycles. The van der Waals surface area contributed by atoms with Crippen LogP contribution in [0.15, 0.2) is 18.2 Å². The third-order valence-corrected chi connectivity index (χ3v) is 2.84. The monoisotopic (exact) mass is 300 g/mol. The highest BCUT2D eigenvalue weighted by Crippen LogP contribution is 2.18. The molecule has 1 aromatic rings. The zero-order valence-corrected chi connectivity index (χ0v) is 13.3. The van der Waals surface area contributed by atoms with Gasteiger partial charge in [-0.2, -0.15) is 0 Å². The van der Waals surface area contributed by atoms with Crippen LogP contribution in [0.1, 0.15) is 24.0 Å². The number of rotatable bonds is 8. The molecule has 0 heterocycles. The van der Waals surface area contributed by atoms with Gasteiger partial charge in [-0.3, -0.25) is 4.79 Å². The minimum absolute atomic E-state index is 0. The summed E-state index contributed by atoms with van der Waals surface area (Å²) in [5.74, 6) is 0.898. The van der Waals surface area contributed by atoms with Gasteiger partial charge in [0.25, 0.3) is 0 Å². The Morgan fingerprint density at radius 2 is 2.00 bits per heavy atom. The van der Waals surface area contributed by atoms with Gasteiger partial charge in [-0.1, -0.05) is 17.7 Å². The van der Waals surface area contributed by atoms with E-state index in [9.17, 15) is 4.79 Å². The second-order valence-electron chi connectivity index (χ2n) is 4.67. The van der Waals surface area contributed by atoms with Crippen LogP contribution in [0.25, 0.3) is 0 Å². The molecule has 0 aromatic heterocycles. The molecule has 20 heavy (non-hydrogen) atoms. The highest BCUT2D eigenvalue weighted by atomic mass is 35.5. The lowest BCUT2D eigenvalue weighted by molar-refractivity contribution is -0.121. The van der Waals surface area contributed by atoms with Gasteiger partial charge in [0.1, 0.15) is 5.75 Å². The van der Waals surface area contributed by atoms with Crippen molar-refractivity contribution < 1.29 is 9.53 Å². The van der Waals surface area contributed by atoms with Gasteiger partial charge in [-0.05, 0) is 45.5 Å². The Morgan fingerprint density at radius 1 is 1.25 bits per heavy atom. The zero-order chi connectivity index (χ0) is 14.1. The summed E-state index contributed by atoms with van der Waals surface area (Å²) in [7, 11) is 1.90. The van der Waals surface area contributed by atoms with E-state index in [1.165, 1.54) is 5.56 Å². The van der Waals surface area contributed by atoms with Crippen molar-refractivity contribution in [3.05, 3.63) is 29.3 Å². The Hall–Kier alpha value is -1.26. The molecule has 0 bridgehead atoms. The predicted octanol–water partition coefficient (Wildman–Crippen LogP) is 2.22. The van der Waals surface area contributed by atoms with Crippen molar-refractivity contribution in [1.29, 1.82) is 0 Å². The minimum atomic E-state index is 0. The Morgan fingerprint density at radius 3 is 2.65 bits per heavy atom. The molecule has 0 fully saturated rings. The molecule has 4 nitrogen and oxygen atoms in total. The highest BCUT2D eigenvalue weighted by Gasteiger charge is 2.03. The number of ether oxygens (including phenoxy) is 1. The smallest absolute Gasteiger partial charge is 0.223 e. The van der Waals surface area contributed by atoms with Crippen molar-refractivity contribution >= 4 is 18.3 Å². The summed E-state index contributed by atoms with van der Waals surface area (Å²) in [4.78, 5) is 11.5. The van der Waals surface area contributed by atoms with Gasteiger partial charge in [0.15, 0.2) is 0 Å². The molecule has 5 heteroatoms. The maximum absolute atomic E-state index is 11.5. The molecule has 0 aliphatic rings. The summed E-state index contributed by atoms with van der Waals surface area (Å²) in [6, 6.07) is 6.04. The lowest BCUT2D eigenvalue weighted by atomic mass is 10.1. The molecule has 0 spiro atoms. The van der Waals surface area contributed by atoms with E-state index in [1.54, 1.807) is 0 Å². The summed E-state index contributed by atoms with van der Waals surface area (Å²) in [6.07, 6.45) is 1.34. The molecule has 1 amide bonds. The number of benzene rings is 1. The Bertz CT molecular complexity index is 411. The summed E-state index contributed by atoms with van der Waals surface area (Å²) in [5.41, 5.74) is 2.32. The zero-order valence-electron chi connectivity index (χ0n) is 12.5. The SMILES string of the molecule is CNCCCNC(=O)CCOc1ccc(C)cc1C.Cl. The van der Waals surface area contributed by atoms with Gasteiger partial charge in [0.05, 0.1) is 13.0 Å². The Labute approximate surface area is 127 Å². The van der Waals surface area contributed by atoms with Crippen LogP contribution in [-0.4, -0.2) is 32.7 Å².